The molecule has 0 aliphatic carbocycles. The molecule has 2 fully saturated rings. The molecule has 2 aliphatic rings. The average Bonchev–Trinajstić information content (AvgIpc) is 2.58. The topological polar surface area (TPSA) is 80.5 Å². The van der Waals surface area contributed by atoms with Gasteiger partial charge in [0.1, 0.15) is 11.9 Å². The molecule has 2 saturated heterocycles. The molecule has 1 N–H and O–H groups in total. The monoisotopic (exact) mass is 356 g/mol. The summed E-state index contributed by atoms with van der Waals surface area (Å²) in [5.74, 6) is 0.953. The van der Waals surface area contributed by atoms with Crippen molar-refractivity contribution in [1.29, 1.82) is 5.26 Å². The minimum absolute atomic E-state index is 0.130. The van der Waals surface area contributed by atoms with Gasteiger partial charge in [-0.3, -0.25) is 4.79 Å². The summed E-state index contributed by atoms with van der Waals surface area (Å²) in [5.41, 5.74) is 2.70. The van der Waals surface area contributed by atoms with E-state index >= 15 is 0 Å². The van der Waals surface area contributed by atoms with Crippen LogP contribution in [0.25, 0.3) is 0 Å². The normalized spacial score (nSPS) is 21.0. The van der Waals surface area contributed by atoms with E-state index in [1.165, 1.54) is 0 Å². The first-order valence-corrected chi connectivity index (χ1v) is 9.43. The Morgan fingerprint density at radius 1 is 1.35 bits per heavy atom. The molecule has 1 atom stereocenters. The molecular weight excluding hydrogens is 328 g/mol. The predicted octanol–water partition coefficient (Wildman–Crippen LogP) is 2.16. The van der Waals surface area contributed by atoms with Gasteiger partial charge >= 0.3 is 0 Å². The quantitative estimate of drug-likeness (QED) is 0.898. The summed E-state index contributed by atoms with van der Waals surface area (Å²) in [4.78, 5) is 20.8. The highest BCUT2D eigenvalue weighted by atomic mass is 16.3. The number of aliphatic hydroxyl groups excluding tert-OH is 1. The molecule has 2 aliphatic heterocycles. The number of hydrogen-bond acceptors (Lipinski definition) is 5. The average molecular weight is 356 g/mol. The Bertz CT molecular complexity index is 730. The molecular formula is C20H28N4O2. The van der Waals surface area contributed by atoms with Crippen LogP contribution in [0.5, 0.6) is 0 Å². The van der Waals surface area contributed by atoms with Gasteiger partial charge < -0.3 is 14.9 Å². The number of rotatable bonds is 3. The number of β-amino-alcohol motifs (C(OH)–C–C–N with tert-alkyl or cyclic N) is 1. The van der Waals surface area contributed by atoms with Crippen molar-refractivity contribution in [3.05, 3.63) is 22.9 Å². The van der Waals surface area contributed by atoms with Gasteiger partial charge in [0.05, 0.1) is 11.7 Å². The minimum atomic E-state index is -0.494. The van der Waals surface area contributed by atoms with Gasteiger partial charge in [0.25, 0.3) is 0 Å². The van der Waals surface area contributed by atoms with Crippen LogP contribution in [-0.2, 0) is 4.79 Å². The maximum Gasteiger partial charge on any atom is 0.222 e. The lowest BCUT2D eigenvalue weighted by atomic mass is 9.72. The second kappa shape index (κ2) is 7.24. The van der Waals surface area contributed by atoms with E-state index in [4.69, 9.17) is 0 Å². The molecule has 0 radical (unpaired) electrons. The van der Waals surface area contributed by atoms with E-state index in [2.05, 4.69) is 16.0 Å². The standard InChI is InChI=1S/C20H28N4O2/c1-14-10-15(2)22-19(17(14)11-21)23-8-6-20(7-9-23)5-4-18(26)24(13-20)12-16(3)25/h10,16,25H,4-9,12-13H2,1-3H3/t16-/m0/s1. The Morgan fingerprint density at radius 2 is 2.04 bits per heavy atom. The van der Waals surface area contributed by atoms with Crippen molar-refractivity contribution in [3.63, 3.8) is 0 Å². The molecule has 140 valence electrons. The zero-order valence-corrected chi connectivity index (χ0v) is 16.0. The number of nitrogens with zero attached hydrogens (tertiary/aromatic N) is 4. The highest BCUT2D eigenvalue weighted by Crippen LogP contribution is 2.41. The Labute approximate surface area is 155 Å². The van der Waals surface area contributed by atoms with Crippen LogP contribution in [0.2, 0.25) is 0 Å². The Balaban J connectivity index is 1.74. The van der Waals surface area contributed by atoms with Gasteiger partial charge in [-0.25, -0.2) is 4.98 Å². The number of piperidine rings is 2. The second-order valence-electron chi connectivity index (χ2n) is 8.00. The maximum absolute atomic E-state index is 12.2. The summed E-state index contributed by atoms with van der Waals surface area (Å²) in [6.07, 6.45) is 2.96. The molecule has 0 bridgehead atoms. The first-order valence-electron chi connectivity index (χ1n) is 9.43. The van der Waals surface area contributed by atoms with Crippen LogP contribution in [-0.4, -0.2) is 53.2 Å². The summed E-state index contributed by atoms with van der Waals surface area (Å²) >= 11 is 0. The number of likely N-dealkylation sites (tertiary alicyclic amines) is 1. The molecule has 1 aromatic heterocycles. The number of carbonyl (C=O) groups is 1. The van der Waals surface area contributed by atoms with Crippen LogP contribution in [0.3, 0.4) is 0 Å². The highest BCUT2D eigenvalue weighted by Gasteiger charge is 2.41. The van der Waals surface area contributed by atoms with Gasteiger partial charge in [-0.15, -0.1) is 0 Å². The van der Waals surface area contributed by atoms with Crippen LogP contribution in [0, 0.1) is 30.6 Å². The first kappa shape index (κ1) is 18.7. The van der Waals surface area contributed by atoms with Gasteiger partial charge in [-0.1, -0.05) is 0 Å². The van der Waals surface area contributed by atoms with Crippen molar-refractivity contribution in [2.24, 2.45) is 5.41 Å². The van der Waals surface area contributed by atoms with Crippen molar-refractivity contribution >= 4 is 11.7 Å². The summed E-state index contributed by atoms with van der Waals surface area (Å²) in [6, 6.07) is 4.26. The van der Waals surface area contributed by atoms with Crippen LogP contribution in [0.4, 0.5) is 5.82 Å². The molecule has 1 spiro atoms. The number of pyridine rings is 1. The van der Waals surface area contributed by atoms with Gasteiger partial charge in [-0.05, 0) is 57.1 Å². The minimum Gasteiger partial charge on any atom is -0.392 e. The number of carbonyl (C=O) groups excluding carboxylic acids is 1. The second-order valence-corrected chi connectivity index (χ2v) is 8.00. The van der Waals surface area contributed by atoms with Crippen LogP contribution >= 0.6 is 0 Å². The van der Waals surface area contributed by atoms with Gasteiger partial charge in [0.2, 0.25) is 5.91 Å². The lowest BCUT2D eigenvalue weighted by Crippen LogP contribution is -2.53. The number of hydrogen-bond donors (Lipinski definition) is 1. The fourth-order valence-corrected chi connectivity index (χ4v) is 4.37. The lowest BCUT2D eigenvalue weighted by Gasteiger charge is -2.48. The van der Waals surface area contributed by atoms with Gasteiger partial charge in [0.15, 0.2) is 0 Å². The third-order valence-electron chi connectivity index (χ3n) is 5.79. The molecule has 3 rings (SSSR count). The van der Waals surface area contributed by atoms with Gasteiger partial charge in [0, 0.05) is 38.3 Å². The van der Waals surface area contributed by atoms with Gasteiger partial charge in [-0.2, -0.15) is 5.26 Å². The first-order chi connectivity index (χ1) is 12.3. The molecule has 6 nitrogen and oxygen atoms in total. The highest BCUT2D eigenvalue weighted by molar-refractivity contribution is 5.77. The third-order valence-corrected chi connectivity index (χ3v) is 5.79. The summed E-state index contributed by atoms with van der Waals surface area (Å²) < 4.78 is 0. The van der Waals surface area contributed by atoms with Crippen molar-refractivity contribution in [1.82, 2.24) is 9.88 Å². The smallest absolute Gasteiger partial charge is 0.222 e. The van der Waals surface area contributed by atoms with E-state index in [0.29, 0.717) is 18.5 Å². The number of aliphatic hydroxyl groups is 1. The van der Waals surface area contributed by atoms with Crippen molar-refractivity contribution in [3.8, 4) is 6.07 Å². The molecule has 26 heavy (non-hydrogen) atoms. The molecule has 0 saturated carbocycles. The third kappa shape index (κ3) is 3.68. The lowest BCUT2D eigenvalue weighted by molar-refractivity contribution is -0.139. The van der Waals surface area contributed by atoms with E-state index in [-0.39, 0.29) is 11.3 Å². The fraction of sp³-hybridized carbons (Fsp3) is 0.650. The summed E-state index contributed by atoms with van der Waals surface area (Å²) in [5, 5.41) is 19.2. The molecule has 3 heterocycles. The van der Waals surface area contributed by atoms with E-state index < -0.39 is 6.10 Å². The Kier molecular flexibility index (Phi) is 5.19. The number of nitriles is 1. The van der Waals surface area contributed by atoms with E-state index in [9.17, 15) is 15.2 Å². The van der Waals surface area contributed by atoms with Crippen molar-refractivity contribution < 1.29 is 9.90 Å². The number of amides is 1. The molecule has 0 unspecified atom stereocenters. The zero-order valence-electron chi connectivity index (χ0n) is 16.0. The van der Waals surface area contributed by atoms with Crippen LogP contribution < -0.4 is 4.90 Å². The SMILES string of the molecule is Cc1cc(C)c(C#N)c(N2CCC3(CCC(=O)N(C[C@H](C)O)C3)CC2)n1. The molecule has 6 heteroatoms. The number of aryl methyl sites for hydroxylation is 2. The maximum atomic E-state index is 12.2. The van der Waals surface area contributed by atoms with Crippen molar-refractivity contribution in [2.75, 3.05) is 31.1 Å². The fourth-order valence-electron chi connectivity index (χ4n) is 4.37. The molecule has 1 aromatic rings. The summed E-state index contributed by atoms with van der Waals surface area (Å²) in [6.45, 7) is 8.50. The van der Waals surface area contributed by atoms with E-state index in [1.807, 2.05) is 24.8 Å². The van der Waals surface area contributed by atoms with Crippen LogP contribution in [0.1, 0.15) is 49.4 Å². The summed E-state index contributed by atoms with van der Waals surface area (Å²) in [7, 11) is 0. The predicted molar refractivity (Wildman–Crippen MR) is 99.8 cm³/mol. The Hall–Kier alpha value is -2.13. The molecule has 1 amide bonds. The largest absolute Gasteiger partial charge is 0.392 e. The molecule has 0 aromatic carbocycles. The van der Waals surface area contributed by atoms with E-state index in [0.717, 1.165) is 56.0 Å². The van der Waals surface area contributed by atoms with E-state index in [1.54, 1.807) is 6.92 Å². The van der Waals surface area contributed by atoms with Crippen molar-refractivity contribution in [2.45, 2.75) is 52.6 Å². The number of aromatic nitrogens is 1. The Morgan fingerprint density at radius 3 is 2.65 bits per heavy atom. The van der Waals surface area contributed by atoms with Crippen LogP contribution in [0.15, 0.2) is 6.07 Å². The number of anilines is 1. The zero-order chi connectivity index (χ0) is 18.9.